The van der Waals surface area contributed by atoms with E-state index < -0.39 is 10.8 Å². The van der Waals surface area contributed by atoms with Crippen LogP contribution in [0.25, 0.3) is 0 Å². The van der Waals surface area contributed by atoms with Gasteiger partial charge in [0.25, 0.3) is 0 Å². The van der Waals surface area contributed by atoms with Crippen molar-refractivity contribution in [3.05, 3.63) is 23.3 Å². The number of carbonyl (C=O) groups excluding carboxylic acids is 3. The predicted octanol–water partition coefficient (Wildman–Crippen LogP) is 7.87. The van der Waals surface area contributed by atoms with Gasteiger partial charge in [-0.3, -0.25) is 14.4 Å². The zero-order chi connectivity index (χ0) is 30.1. The van der Waals surface area contributed by atoms with E-state index in [9.17, 15) is 19.3 Å². The standard InChI is InChI=1S/C32H49NO2.CH2FNO/c1-22-19-29(7,15-14-27(2,3)4)16-17-31(22,9)32(10)13-11-24-28(5,6)26(35)23(21-33)20-30(24,8)25(32)12-18-34;2-3-1-4/h12,18,20,22,24H,11,13-17,19H2,1-10H3;1H,(H,3,4)/b25-12-;/t22?,24?,29?,30?,31-,32?;/m1./s1. The highest BCUT2D eigenvalue weighted by molar-refractivity contribution is 6.04. The van der Waals surface area contributed by atoms with Gasteiger partial charge in [0.05, 0.1) is 5.57 Å². The Hall–Kier alpha value is -2.29. The Balaban J connectivity index is 0.00000124. The fraction of sp³-hybridized carbons (Fsp3) is 0.758. The van der Waals surface area contributed by atoms with Gasteiger partial charge in [-0.1, -0.05) is 80.9 Å². The maximum atomic E-state index is 13.1. The van der Waals surface area contributed by atoms with Gasteiger partial charge in [-0.15, -0.1) is 4.48 Å². The summed E-state index contributed by atoms with van der Waals surface area (Å²) < 4.78 is 10.1. The SMILES string of the molecule is CC1CC(C)(CCC(C)(C)C)CC[C@@]1(C)C1(C)CCC2C(C)(C)C(=O)C(C#N)=CC2(C)/C1=C/C=O.O=CNF. The van der Waals surface area contributed by atoms with Crippen molar-refractivity contribution in [2.24, 2.45) is 44.3 Å². The van der Waals surface area contributed by atoms with Crippen LogP contribution in [-0.2, 0) is 14.4 Å². The van der Waals surface area contributed by atoms with Crippen LogP contribution in [0.15, 0.2) is 23.3 Å². The Labute approximate surface area is 236 Å². The second-order valence-corrected chi connectivity index (χ2v) is 15.3. The molecule has 39 heavy (non-hydrogen) atoms. The third-order valence-corrected chi connectivity index (χ3v) is 11.3. The molecule has 1 amide bonds. The lowest BCUT2D eigenvalue weighted by Crippen LogP contribution is -2.58. The number of carbonyl (C=O) groups is 3. The summed E-state index contributed by atoms with van der Waals surface area (Å²) in [7, 11) is 0. The first-order valence-electron chi connectivity index (χ1n) is 14.5. The summed E-state index contributed by atoms with van der Waals surface area (Å²) in [4.78, 5) is 33.9. The van der Waals surface area contributed by atoms with Crippen molar-refractivity contribution in [2.75, 3.05) is 0 Å². The fourth-order valence-electron chi connectivity index (χ4n) is 8.51. The molecule has 0 aliphatic heterocycles. The van der Waals surface area contributed by atoms with Crippen LogP contribution in [0.5, 0.6) is 0 Å². The molecular formula is C33H51FN2O3. The van der Waals surface area contributed by atoms with E-state index in [4.69, 9.17) is 4.79 Å². The van der Waals surface area contributed by atoms with E-state index in [-0.39, 0.29) is 34.5 Å². The summed E-state index contributed by atoms with van der Waals surface area (Å²) in [6, 6.07) is 2.19. The number of Topliss-reactive ketones (excluding diaryl/α,β-unsaturated/α-hetero) is 1. The molecule has 218 valence electrons. The van der Waals surface area contributed by atoms with Crippen LogP contribution in [0.1, 0.15) is 114 Å². The summed E-state index contributed by atoms with van der Waals surface area (Å²) in [6.07, 6.45) is 12.6. The fourth-order valence-corrected chi connectivity index (χ4v) is 8.51. The molecule has 0 heterocycles. The maximum Gasteiger partial charge on any atom is 0.234 e. The predicted molar refractivity (Wildman–Crippen MR) is 154 cm³/mol. The number of hydrogen-bond acceptors (Lipinski definition) is 4. The molecule has 0 aromatic heterocycles. The smallest absolute Gasteiger partial charge is 0.234 e. The normalized spacial score (nSPS) is 38.9. The minimum Gasteiger partial charge on any atom is -0.299 e. The number of fused-ring (bicyclic) bond motifs is 1. The van der Waals surface area contributed by atoms with Crippen molar-refractivity contribution in [1.82, 2.24) is 5.54 Å². The number of halogens is 1. The number of allylic oxidation sites excluding steroid dienone is 4. The van der Waals surface area contributed by atoms with Crippen LogP contribution in [0.3, 0.4) is 0 Å². The van der Waals surface area contributed by atoms with E-state index in [1.807, 2.05) is 19.9 Å². The van der Waals surface area contributed by atoms with E-state index in [1.165, 1.54) is 25.7 Å². The minimum atomic E-state index is -0.623. The summed E-state index contributed by atoms with van der Waals surface area (Å²) >= 11 is 0. The molecule has 6 atom stereocenters. The third kappa shape index (κ3) is 5.93. The summed E-state index contributed by atoms with van der Waals surface area (Å²) in [5, 5.41) is 9.82. The number of nitrogens with one attached hydrogen (secondary N) is 1. The molecule has 0 aromatic rings. The van der Waals surface area contributed by atoms with Crippen LogP contribution in [0.2, 0.25) is 0 Å². The van der Waals surface area contributed by atoms with Crippen molar-refractivity contribution in [2.45, 2.75) is 114 Å². The highest BCUT2D eigenvalue weighted by atomic mass is 19.2. The van der Waals surface area contributed by atoms with Gasteiger partial charge in [-0.05, 0) is 84.5 Å². The summed E-state index contributed by atoms with van der Waals surface area (Å²) in [6.45, 7) is 22.9. The van der Waals surface area contributed by atoms with Crippen molar-refractivity contribution >= 4 is 18.5 Å². The topological polar surface area (TPSA) is 87.0 Å². The molecule has 3 rings (SSSR count). The molecule has 3 aliphatic rings. The van der Waals surface area contributed by atoms with E-state index >= 15 is 0 Å². The number of aldehydes is 1. The number of hydrogen-bond donors (Lipinski definition) is 1. The highest BCUT2D eigenvalue weighted by Gasteiger charge is 2.63. The van der Waals surface area contributed by atoms with Crippen molar-refractivity contribution in [1.29, 1.82) is 5.26 Å². The molecule has 0 bridgehead atoms. The largest absolute Gasteiger partial charge is 0.299 e. The van der Waals surface area contributed by atoms with Crippen molar-refractivity contribution in [3.8, 4) is 6.07 Å². The monoisotopic (exact) mass is 542 g/mol. The first kappa shape index (κ1) is 32.9. The summed E-state index contributed by atoms with van der Waals surface area (Å²) in [5.74, 6) is 0.542. The second-order valence-electron chi connectivity index (χ2n) is 15.3. The Morgan fingerprint density at radius 3 is 2.15 bits per heavy atom. The van der Waals surface area contributed by atoms with Gasteiger partial charge >= 0.3 is 0 Å². The Bertz CT molecular complexity index is 1060. The zero-order valence-electron chi connectivity index (χ0n) is 26.0. The van der Waals surface area contributed by atoms with Gasteiger partial charge in [-0.25, -0.2) is 0 Å². The molecule has 5 nitrogen and oxygen atoms in total. The van der Waals surface area contributed by atoms with Crippen molar-refractivity contribution < 1.29 is 18.9 Å². The van der Waals surface area contributed by atoms with E-state index in [0.29, 0.717) is 16.7 Å². The average molecular weight is 543 g/mol. The molecule has 0 spiro atoms. The van der Waals surface area contributed by atoms with Gasteiger partial charge in [0.15, 0.2) is 5.78 Å². The van der Waals surface area contributed by atoms with Gasteiger partial charge in [0.2, 0.25) is 6.41 Å². The number of nitriles is 1. The lowest BCUT2D eigenvalue weighted by molar-refractivity contribution is -0.133. The Morgan fingerprint density at radius 1 is 1.10 bits per heavy atom. The molecule has 6 heteroatoms. The summed E-state index contributed by atoms with van der Waals surface area (Å²) in [5.41, 5.74) is 1.62. The molecule has 0 radical (unpaired) electrons. The number of nitrogens with zero attached hydrogens (tertiary/aromatic N) is 1. The average Bonchev–Trinajstić information content (AvgIpc) is 2.85. The lowest BCUT2D eigenvalue weighted by atomic mass is 9.39. The Kier molecular flexibility index (Phi) is 9.54. The molecular weight excluding hydrogens is 491 g/mol. The molecule has 0 saturated heterocycles. The maximum absolute atomic E-state index is 13.1. The van der Waals surface area contributed by atoms with Gasteiger partial charge in [-0.2, -0.15) is 10.8 Å². The van der Waals surface area contributed by atoms with Crippen LogP contribution in [0, 0.1) is 55.7 Å². The van der Waals surface area contributed by atoms with Crippen LogP contribution in [-0.4, -0.2) is 18.5 Å². The van der Waals surface area contributed by atoms with Crippen LogP contribution in [0.4, 0.5) is 4.48 Å². The molecule has 1 N–H and O–H groups in total. The van der Waals surface area contributed by atoms with Crippen LogP contribution >= 0.6 is 0 Å². The zero-order valence-corrected chi connectivity index (χ0v) is 26.0. The minimum absolute atomic E-state index is 0.0417. The van der Waals surface area contributed by atoms with E-state index in [0.717, 1.165) is 36.7 Å². The van der Waals surface area contributed by atoms with E-state index in [1.54, 1.807) is 6.08 Å². The molecule has 5 unspecified atom stereocenters. The van der Waals surface area contributed by atoms with Gasteiger partial charge in [0.1, 0.15) is 12.4 Å². The molecule has 3 aliphatic carbocycles. The number of rotatable bonds is 5. The molecule has 2 saturated carbocycles. The quantitative estimate of drug-likeness (QED) is 0.217. The number of ketones is 1. The molecule has 2 fully saturated rings. The first-order valence-corrected chi connectivity index (χ1v) is 14.5. The number of amides is 1. The molecule has 0 aromatic carbocycles. The lowest BCUT2D eigenvalue weighted by Gasteiger charge is -2.64. The highest BCUT2D eigenvalue weighted by Crippen LogP contribution is 2.70. The Morgan fingerprint density at radius 2 is 1.69 bits per heavy atom. The third-order valence-electron chi connectivity index (χ3n) is 11.3. The van der Waals surface area contributed by atoms with Gasteiger partial charge in [0, 0.05) is 10.8 Å². The first-order chi connectivity index (χ1) is 17.8. The van der Waals surface area contributed by atoms with Crippen molar-refractivity contribution in [3.63, 3.8) is 0 Å². The van der Waals surface area contributed by atoms with E-state index in [2.05, 4.69) is 61.5 Å². The van der Waals surface area contributed by atoms with Gasteiger partial charge < -0.3 is 0 Å². The van der Waals surface area contributed by atoms with Crippen LogP contribution < -0.4 is 5.54 Å². The second kappa shape index (κ2) is 11.3.